The third-order valence-corrected chi connectivity index (χ3v) is 3.73. The van der Waals surface area contributed by atoms with Gasteiger partial charge in [-0.3, -0.25) is 10.1 Å². The first kappa shape index (κ1) is 15.8. The second kappa shape index (κ2) is 6.75. The number of benzene rings is 1. The molecular weight excluding hydrogens is 264 g/mol. The average Bonchev–Trinajstić information content (AvgIpc) is 2.29. The molecule has 0 aliphatic heterocycles. The molecule has 0 aromatic heterocycles. The normalized spacial score (nSPS) is 11.4. The molecule has 5 heteroatoms. The summed E-state index contributed by atoms with van der Waals surface area (Å²) in [6.07, 6.45) is 0. The number of anilines is 1. The van der Waals surface area contributed by atoms with Gasteiger partial charge in [0.05, 0.1) is 9.95 Å². The van der Waals surface area contributed by atoms with Crippen LogP contribution in [0.1, 0.15) is 27.7 Å². The number of para-hydroxylation sites is 1. The summed E-state index contributed by atoms with van der Waals surface area (Å²) in [6.45, 7) is 9.32. The second-order valence-electron chi connectivity index (χ2n) is 5.42. The Labute approximate surface area is 119 Å². The fourth-order valence-electron chi connectivity index (χ4n) is 2.30. The molecule has 0 saturated carbocycles. The Hall–Kier alpha value is -1.29. The molecule has 1 aromatic rings. The standard InChI is InChI=1S/C14H21ClN2O2/c1-9(2)11(10(3)4)8-16-14-12(15)6-5-7-13(14)17(18)19/h5-7,9-11,16H,8H2,1-4H3. The van der Waals surface area contributed by atoms with Gasteiger partial charge in [-0.1, -0.05) is 45.4 Å². The molecule has 1 N–H and O–H groups in total. The number of nitrogens with one attached hydrogen (secondary N) is 1. The maximum Gasteiger partial charge on any atom is 0.293 e. The molecule has 0 amide bonds. The quantitative estimate of drug-likeness (QED) is 0.614. The van der Waals surface area contributed by atoms with Crippen molar-refractivity contribution < 1.29 is 4.92 Å². The van der Waals surface area contributed by atoms with Crippen LogP contribution in [0.2, 0.25) is 5.02 Å². The highest BCUT2D eigenvalue weighted by molar-refractivity contribution is 6.33. The second-order valence-corrected chi connectivity index (χ2v) is 5.83. The van der Waals surface area contributed by atoms with Gasteiger partial charge in [-0.2, -0.15) is 0 Å². The lowest BCUT2D eigenvalue weighted by Crippen LogP contribution is -2.24. The van der Waals surface area contributed by atoms with E-state index in [2.05, 4.69) is 33.0 Å². The summed E-state index contributed by atoms with van der Waals surface area (Å²) in [7, 11) is 0. The van der Waals surface area contributed by atoms with Crippen molar-refractivity contribution >= 4 is 23.0 Å². The van der Waals surface area contributed by atoms with Gasteiger partial charge in [-0.15, -0.1) is 0 Å². The number of nitro groups is 1. The van der Waals surface area contributed by atoms with Crippen LogP contribution in [0, 0.1) is 27.9 Å². The molecule has 0 aliphatic rings. The van der Waals surface area contributed by atoms with Crippen LogP contribution in [-0.4, -0.2) is 11.5 Å². The topological polar surface area (TPSA) is 55.2 Å². The van der Waals surface area contributed by atoms with E-state index < -0.39 is 4.92 Å². The Bertz CT molecular complexity index is 439. The predicted octanol–water partition coefficient (Wildman–Crippen LogP) is 4.59. The van der Waals surface area contributed by atoms with Crippen LogP contribution in [0.25, 0.3) is 0 Å². The van der Waals surface area contributed by atoms with Crippen LogP contribution in [0.15, 0.2) is 18.2 Å². The molecule has 0 bridgehead atoms. The van der Waals surface area contributed by atoms with Crippen molar-refractivity contribution in [3.63, 3.8) is 0 Å². The van der Waals surface area contributed by atoms with E-state index in [1.54, 1.807) is 12.1 Å². The minimum absolute atomic E-state index is 0.0266. The van der Waals surface area contributed by atoms with Crippen molar-refractivity contribution in [1.82, 2.24) is 0 Å². The number of nitrogens with zero attached hydrogens (tertiary/aromatic N) is 1. The Morgan fingerprint density at radius 2 is 1.84 bits per heavy atom. The summed E-state index contributed by atoms with van der Waals surface area (Å²) >= 11 is 6.05. The maximum absolute atomic E-state index is 11.0. The molecule has 106 valence electrons. The zero-order valence-corrected chi connectivity index (χ0v) is 12.6. The Morgan fingerprint density at radius 1 is 1.26 bits per heavy atom. The molecule has 19 heavy (non-hydrogen) atoms. The fourth-order valence-corrected chi connectivity index (χ4v) is 2.54. The van der Waals surface area contributed by atoms with Crippen LogP contribution in [-0.2, 0) is 0 Å². The molecule has 4 nitrogen and oxygen atoms in total. The molecule has 1 rings (SSSR count). The summed E-state index contributed by atoms with van der Waals surface area (Å²) < 4.78 is 0. The van der Waals surface area contributed by atoms with E-state index in [1.807, 2.05) is 0 Å². The third-order valence-electron chi connectivity index (χ3n) is 3.42. The third kappa shape index (κ3) is 4.10. The number of rotatable bonds is 6. The highest BCUT2D eigenvalue weighted by atomic mass is 35.5. The zero-order chi connectivity index (χ0) is 14.6. The van der Waals surface area contributed by atoms with Crippen LogP contribution < -0.4 is 5.32 Å². The summed E-state index contributed by atoms with van der Waals surface area (Å²) in [6, 6.07) is 4.72. The van der Waals surface area contributed by atoms with Gasteiger partial charge in [0, 0.05) is 12.6 Å². The Balaban J connectivity index is 2.90. The first-order valence-electron chi connectivity index (χ1n) is 6.51. The maximum atomic E-state index is 11.0. The molecule has 0 saturated heterocycles. The summed E-state index contributed by atoms with van der Waals surface area (Å²) in [5, 5.41) is 14.5. The average molecular weight is 285 g/mol. The van der Waals surface area contributed by atoms with E-state index in [9.17, 15) is 10.1 Å². The van der Waals surface area contributed by atoms with Crippen molar-refractivity contribution in [2.45, 2.75) is 27.7 Å². The minimum Gasteiger partial charge on any atom is -0.378 e. The van der Waals surface area contributed by atoms with Crippen molar-refractivity contribution in [3.8, 4) is 0 Å². The van der Waals surface area contributed by atoms with Gasteiger partial charge in [-0.05, 0) is 23.8 Å². The lowest BCUT2D eigenvalue weighted by atomic mass is 9.85. The zero-order valence-electron chi connectivity index (χ0n) is 11.8. The van der Waals surface area contributed by atoms with Crippen LogP contribution in [0.5, 0.6) is 0 Å². The van der Waals surface area contributed by atoms with Gasteiger partial charge in [0.15, 0.2) is 0 Å². The van der Waals surface area contributed by atoms with E-state index in [0.29, 0.717) is 35.0 Å². The number of hydrogen-bond donors (Lipinski definition) is 1. The van der Waals surface area contributed by atoms with E-state index in [4.69, 9.17) is 11.6 Å². The SMILES string of the molecule is CC(C)C(CNc1c(Cl)cccc1[N+](=O)[O-])C(C)C. The van der Waals surface area contributed by atoms with Gasteiger partial charge in [-0.25, -0.2) is 0 Å². The highest BCUT2D eigenvalue weighted by Crippen LogP contribution is 2.32. The molecule has 1 aromatic carbocycles. The molecule has 0 atom stereocenters. The minimum atomic E-state index is -0.409. The summed E-state index contributed by atoms with van der Waals surface area (Å²) in [4.78, 5) is 10.6. The van der Waals surface area contributed by atoms with Gasteiger partial charge in [0.2, 0.25) is 0 Å². The fraction of sp³-hybridized carbons (Fsp3) is 0.571. The van der Waals surface area contributed by atoms with E-state index in [1.165, 1.54) is 6.07 Å². The summed E-state index contributed by atoms with van der Waals surface area (Å²) in [5.41, 5.74) is 0.444. The van der Waals surface area contributed by atoms with Gasteiger partial charge in [0.1, 0.15) is 5.69 Å². The molecule has 0 fully saturated rings. The molecule has 0 spiro atoms. The van der Waals surface area contributed by atoms with Gasteiger partial charge >= 0.3 is 0 Å². The van der Waals surface area contributed by atoms with Crippen molar-refractivity contribution in [3.05, 3.63) is 33.3 Å². The number of hydrogen-bond acceptors (Lipinski definition) is 3. The Kier molecular flexibility index (Phi) is 5.60. The summed E-state index contributed by atoms with van der Waals surface area (Å²) in [5.74, 6) is 1.46. The lowest BCUT2D eigenvalue weighted by Gasteiger charge is -2.25. The van der Waals surface area contributed by atoms with E-state index in [0.717, 1.165) is 0 Å². The van der Waals surface area contributed by atoms with Gasteiger partial charge < -0.3 is 5.32 Å². The Morgan fingerprint density at radius 3 is 2.32 bits per heavy atom. The van der Waals surface area contributed by atoms with E-state index >= 15 is 0 Å². The van der Waals surface area contributed by atoms with Crippen molar-refractivity contribution in [1.29, 1.82) is 0 Å². The monoisotopic (exact) mass is 284 g/mol. The predicted molar refractivity (Wildman–Crippen MR) is 79.8 cm³/mol. The number of nitro benzene ring substituents is 1. The van der Waals surface area contributed by atoms with Crippen LogP contribution in [0.4, 0.5) is 11.4 Å². The largest absolute Gasteiger partial charge is 0.378 e. The lowest BCUT2D eigenvalue weighted by molar-refractivity contribution is -0.383. The highest BCUT2D eigenvalue weighted by Gasteiger charge is 2.21. The first-order chi connectivity index (χ1) is 8.84. The molecule has 0 unspecified atom stereocenters. The van der Waals surface area contributed by atoms with Crippen LogP contribution in [0.3, 0.4) is 0 Å². The molecule has 0 radical (unpaired) electrons. The first-order valence-corrected chi connectivity index (χ1v) is 6.89. The smallest absolute Gasteiger partial charge is 0.293 e. The van der Waals surface area contributed by atoms with Gasteiger partial charge in [0.25, 0.3) is 5.69 Å². The molecule has 0 aliphatic carbocycles. The van der Waals surface area contributed by atoms with E-state index in [-0.39, 0.29) is 5.69 Å². The van der Waals surface area contributed by atoms with Crippen molar-refractivity contribution in [2.75, 3.05) is 11.9 Å². The van der Waals surface area contributed by atoms with Crippen LogP contribution >= 0.6 is 11.6 Å². The molecular formula is C14H21ClN2O2. The van der Waals surface area contributed by atoms with Crippen molar-refractivity contribution in [2.24, 2.45) is 17.8 Å². The number of halogens is 1. The molecule has 0 heterocycles.